The van der Waals surface area contributed by atoms with Crippen molar-refractivity contribution in [2.24, 2.45) is 0 Å². The van der Waals surface area contributed by atoms with Crippen LogP contribution in [-0.4, -0.2) is 12.6 Å². The number of carbonyl (C=O) groups is 1. The molecule has 0 fully saturated rings. The maximum absolute atomic E-state index is 11.9. The molecule has 0 saturated carbocycles. The molecule has 0 heterocycles. The van der Waals surface area contributed by atoms with Gasteiger partial charge in [-0.3, -0.25) is 4.79 Å². The number of hydrogen-bond donors (Lipinski definition) is 0. The molecule has 0 aliphatic carbocycles. The summed E-state index contributed by atoms with van der Waals surface area (Å²) in [7, 11) is 0. The van der Waals surface area contributed by atoms with Crippen LogP contribution in [-0.2, 0) is 9.53 Å². The van der Waals surface area contributed by atoms with Crippen LogP contribution in [0.1, 0.15) is 181 Å². The molecule has 0 atom stereocenters. The van der Waals surface area contributed by atoms with Crippen molar-refractivity contribution in [3.63, 3.8) is 0 Å². The summed E-state index contributed by atoms with van der Waals surface area (Å²) in [5, 5.41) is 0. The van der Waals surface area contributed by atoms with Gasteiger partial charge in [-0.15, -0.1) is 0 Å². The first-order chi connectivity index (χ1) is 17.8. The maximum Gasteiger partial charge on any atom is 0.305 e. The molecule has 0 rings (SSSR count). The van der Waals surface area contributed by atoms with Gasteiger partial charge in [-0.05, 0) is 64.2 Å². The Kier molecular flexibility index (Phi) is 31.0. The zero-order valence-corrected chi connectivity index (χ0v) is 24.7. The van der Waals surface area contributed by atoms with Gasteiger partial charge < -0.3 is 4.74 Å². The SMILES string of the molecule is CCCCCCC=CCCCCCCCC(=O)OCCCCCCCCC=CCCCCCCCC. The second kappa shape index (κ2) is 32.0. The van der Waals surface area contributed by atoms with Gasteiger partial charge in [0.1, 0.15) is 0 Å². The number of unbranched alkanes of at least 4 members (excludes halogenated alkanes) is 21. The fraction of sp³-hybridized carbons (Fsp3) is 0.853. The van der Waals surface area contributed by atoms with E-state index in [4.69, 9.17) is 4.74 Å². The fourth-order valence-electron chi connectivity index (χ4n) is 4.59. The van der Waals surface area contributed by atoms with E-state index in [1.54, 1.807) is 0 Å². The molecular weight excluding hydrogens is 440 g/mol. The van der Waals surface area contributed by atoms with Gasteiger partial charge in [0.2, 0.25) is 0 Å². The second-order valence-corrected chi connectivity index (χ2v) is 10.8. The summed E-state index contributed by atoms with van der Waals surface area (Å²) in [4.78, 5) is 11.9. The van der Waals surface area contributed by atoms with Gasteiger partial charge in [-0.2, -0.15) is 0 Å². The van der Waals surface area contributed by atoms with Gasteiger partial charge in [0, 0.05) is 6.42 Å². The maximum atomic E-state index is 11.9. The van der Waals surface area contributed by atoms with Crippen LogP contribution in [0, 0.1) is 0 Å². The van der Waals surface area contributed by atoms with E-state index in [9.17, 15) is 4.79 Å². The van der Waals surface area contributed by atoms with E-state index in [0.717, 1.165) is 19.3 Å². The van der Waals surface area contributed by atoms with E-state index in [-0.39, 0.29) is 5.97 Å². The molecule has 0 bridgehead atoms. The summed E-state index contributed by atoms with van der Waals surface area (Å²) in [6.07, 6.45) is 42.2. The third-order valence-electron chi connectivity index (χ3n) is 7.06. The van der Waals surface area contributed by atoms with Crippen molar-refractivity contribution >= 4 is 5.97 Å². The van der Waals surface area contributed by atoms with Crippen molar-refractivity contribution in [3.8, 4) is 0 Å². The van der Waals surface area contributed by atoms with E-state index in [1.807, 2.05) is 0 Å². The minimum atomic E-state index is 0.00810. The summed E-state index contributed by atoms with van der Waals surface area (Å²) in [6.45, 7) is 5.16. The molecule has 0 aromatic carbocycles. The molecule has 0 unspecified atom stereocenters. The van der Waals surface area contributed by atoms with E-state index in [2.05, 4.69) is 38.2 Å². The van der Waals surface area contributed by atoms with Gasteiger partial charge in [0.15, 0.2) is 0 Å². The molecule has 0 amide bonds. The molecule has 0 saturated heterocycles. The molecule has 0 aromatic heterocycles. The predicted molar refractivity (Wildman–Crippen MR) is 161 cm³/mol. The van der Waals surface area contributed by atoms with Crippen molar-refractivity contribution in [1.82, 2.24) is 0 Å². The lowest BCUT2D eigenvalue weighted by Gasteiger charge is -2.05. The van der Waals surface area contributed by atoms with E-state index < -0.39 is 0 Å². The third kappa shape index (κ3) is 31.0. The lowest BCUT2D eigenvalue weighted by Crippen LogP contribution is -2.05. The fourth-order valence-corrected chi connectivity index (χ4v) is 4.59. The second-order valence-electron chi connectivity index (χ2n) is 10.8. The Morgan fingerprint density at radius 3 is 1.22 bits per heavy atom. The minimum Gasteiger partial charge on any atom is -0.466 e. The third-order valence-corrected chi connectivity index (χ3v) is 7.06. The van der Waals surface area contributed by atoms with Crippen molar-refractivity contribution in [2.75, 3.05) is 6.61 Å². The summed E-state index contributed by atoms with van der Waals surface area (Å²) in [5.41, 5.74) is 0. The highest BCUT2D eigenvalue weighted by atomic mass is 16.5. The molecule has 212 valence electrons. The predicted octanol–water partition coefficient (Wildman–Crippen LogP) is 11.8. The van der Waals surface area contributed by atoms with Crippen molar-refractivity contribution in [3.05, 3.63) is 24.3 Å². The number of carbonyl (C=O) groups excluding carboxylic acids is 1. The van der Waals surface area contributed by atoms with Crippen molar-refractivity contribution < 1.29 is 9.53 Å². The molecule has 2 nitrogen and oxygen atoms in total. The van der Waals surface area contributed by atoms with Crippen LogP contribution in [0.25, 0.3) is 0 Å². The molecule has 0 radical (unpaired) electrons. The molecule has 0 N–H and O–H groups in total. The first-order valence-corrected chi connectivity index (χ1v) is 16.3. The zero-order chi connectivity index (χ0) is 26.2. The summed E-state index contributed by atoms with van der Waals surface area (Å²) < 4.78 is 5.41. The van der Waals surface area contributed by atoms with E-state index >= 15 is 0 Å². The highest BCUT2D eigenvalue weighted by Crippen LogP contribution is 2.11. The quantitative estimate of drug-likeness (QED) is 0.0575. The molecule has 0 aliphatic rings. The summed E-state index contributed by atoms with van der Waals surface area (Å²) in [5.74, 6) is 0.00810. The van der Waals surface area contributed by atoms with Crippen LogP contribution in [0.4, 0.5) is 0 Å². The highest BCUT2D eigenvalue weighted by molar-refractivity contribution is 5.69. The smallest absolute Gasteiger partial charge is 0.305 e. The Labute approximate surface area is 227 Å². The number of allylic oxidation sites excluding steroid dienone is 4. The van der Waals surface area contributed by atoms with Crippen molar-refractivity contribution in [2.45, 2.75) is 181 Å². The molecule has 0 aliphatic heterocycles. The number of rotatable bonds is 29. The van der Waals surface area contributed by atoms with Crippen molar-refractivity contribution in [1.29, 1.82) is 0 Å². The lowest BCUT2D eigenvalue weighted by atomic mass is 10.1. The van der Waals surface area contributed by atoms with Crippen LogP contribution in [0.15, 0.2) is 24.3 Å². The first kappa shape index (κ1) is 35.0. The van der Waals surface area contributed by atoms with Gasteiger partial charge in [0.05, 0.1) is 6.61 Å². The molecule has 2 heteroatoms. The Bertz CT molecular complexity index is 480. The Morgan fingerprint density at radius 1 is 0.444 bits per heavy atom. The highest BCUT2D eigenvalue weighted by Gasteiger charge is 2.02. The zero-order valence-electron chi connectivity index (χ0n) is 24.7. The average Bonchev–Trinajstić information content (AvgIpc) is 2.88. The van der Waals surface area contributed by atoms with E-state index in [0.29, 0.717) is 13.0 Å². The van der Waals surface area contributed by atoms with Crippen LogP contribution < -0.4 is 0 Å². The standard InChI is InChI=1S/C34H64O2/c1-3-5-7-9-11-13-15-17-18-19-21-23-25-27-29-31-33-36-34(35)32-30-28-26-24-22-20-16-14-12-10-8-6-4-2/h14,16-18H,3-13,15,19-33H2,1-2H3. The normalized spacial score (nSPS) is 11.7. The monoisotopic (exact) mass is 504 g/mol. The largest absolute Gasteiger partial charge is 0.466 e. The molecule has 0 spiro atoms. The van der Waals surface area contributed by atoms with E-state index in [1.165, 1.54) is 141 Å². The van der Waals surface area contributed by atoms with Crippen LogP contribution >= 0.6 is 0 Å². The van der Waals surface area contributed by atoms with Gasteiger partial charge >= 0.3 is 5.97 Å². The summed E-state index contributed by atoms with van der Waals surface area (Å²) in [6, 6.07) is 0. The number of esters is 1. The molecule has 0 aromatic rings. The van der Waals surface area contributed by atoms with Crippen LogP contribution in [0.5, 0.6) is 0 Å². The molecular formula is C34H64O2. The average molecular weight is 505 g/mol. The topological polar surface area (TPSA) is 26.3 Å². The Hall–Kier alpha value is -1.05. The van der Waals surface area contributed by atoms with Gasteiger partial charge in [0.25, 0.3) is 0 Å². The summed E-state index contributed by atoms with van der Waals surface area (Å²) >= 11 is 0. The Balaban J connectivity index is 3.23. The Morgan fingerprint density at radius 2 is 0.778 bits per heavy atom. The van der Waals surface area contributed by atoms with Crippen LogP contribution in [0.3, 0.4) is 0 Å². The number of hydrogen-bond acceptors (Lipinski definition) is 2. The van der Waals surface area contributed by atoms with Crippen LogP contribution in [0.2, 0.25) is 0 Å². The first-order valence-electron chi connectivity index (χ1n) is 16.3. The number of ether oxygens (including phenoxy) is 1. The van der Waals surface area contributed by atoms with Gasteiger partial charge in [-0.25, -0.2) is 0 Å². The minimum absolute atomic E-state index is 0.00810. The molecule has 36 heavy (non-hydrogen) atoms. The lowest BCUT2D eigenvalue weighted by molar-refractivity contribution is -0.143. The van der Waals surface area contributed by atoms with Gasteiger partial charge in [-0.1, -0.05) is 134 Å².